The maximum Gasteiger partial charge on any atom is 0.137 e. The summed E-state index contributed by atoms with van der Waals surface area (Å²) in [6.07, 6.45) is 5.87. The summed E-state index contributed by atoms with van der Waals surface area (Å²) < 4.78 is 5.67. The molecule has 0 aliphatic carbocycles. The standard InChI is InChI=1S/C17H30N2O/c1-6-9-20-16-10-15(12-19-13-16)17(4,5)7-8-18-11-14(2)3/h10,12-14,18H,6-9,11H2,1-5H3. The molecule has 0 aromatic carbocycles. The van der Waals surface area contributed by atoms with Crippen LogP contribution in [-0.2, 0) is 5.41 Å². The van der Waals surface area contributed by atoms with Gasteiger partial charge >= 0.3 is 0 Å². The molecule has 0 amide bonds. The highest BCUT2D eigenvalue weighted by atomic mass is 16.5. The Morgan fingerprint density at radius 2 is 2.05 bits per heavy atom. The van der Waals surface area contributed by atoms with Gasteiger partial charge in [-0.3, -0.25) is 4.98 Å². The number of nitrogens with zero attached hydrogens (tertiary/aromatic N) is 1. The minimum atomic E-state index is 0.114. The average Bonchev–Trinajstić information content (AvgIpc) is 2.41. The molecule has 1 aromatic rings. The Bertz CT molecular complexity index is 388. The van der Waals surface area contributed by atoms with Crippen LogP contribution in [0.5, 0.6) is 5.75 Å². The van der Waals surface area contributed by atoms with E-state index >= 15 is 0 Å². The van der Waals surface area contributed by atoms with Gasteiger partial charge in [0.15, 0.2) is 0 Å². The third-order valence-electron chi connectivity index (χ3n) is 3.45. The number of rotatable bonds is 9. The Morgan fingerprint density at radius 3 is 2.70 bits per heavy atom. The molecule has 0 aliphatic heterocycles. The fourth-order valence-electron chi connectivity index (χ4n) is 2.02. The molecule has 0 fully saturated rings. The molecule has 0 radical (unpaired) electrons. The van der Waals surface area contributed by atoms with Crippen LogP contribution in [0.2, 0.25) is 0 Å². The molecule has 0 saturated heterocycles. The van der Waals surface area contributed by atoms with Crippen LogP contribution in [0.4, 0.5) is 0 Å². The molecule has 1 N–H and O–H groups in total. The molecule has 1 aromatic heterocycles. The summed E-state index contributed by atoms with van der Waals surface area (Å²) in [4.78, 5) is 4.31. The van der Waals surface area contributed by atoms with Crippen molar-refractivity contribution in [1.29, 1.82) is 0 Å². The van der Waals surface area contributed by atoms with Gasteiger partial charge in [0.25, 0.3) is 0 Å². The maximum absolute atomic E-state index is 5.67. The Balaban J connectivity index is 2.57. The van der Waals surface area contributed by atoms with E-state index in [4.69, 9.17) is 4.74 Å². The van der Waals surface area contributed by atoms with Gasteiger partial charge in [-0.05, 0) is 48.9 Å². The monoisotopic (exact) mass is 278 g/mol. The van der Waals surface area contributed by atoms with Crippen LogP contribution in [0.3, 0.4) is 0 Å². The first-order chi connectivity index (χ1) is 9.45. The third kappa shape index (κ3) is 5.91. The van der Waals surface area contributed by atoms with E-state index in [1.54, 1.807) is 6.20 Å². The summed E-state index contributed by atoms with van der Waals surface area (Å²) in [7, 11) is 0. The van der Waals surface area contributed by atoms with Crippen molar-refractivity contribution in [2.24, 2.45) is 5.92 Å². The molecule has 3 heteroatoms. The van der Waals surface area contributed by atoms with Crippen molar-refractivity contribution in [2.75, 3.05) is 19.7 Å². The number of aromatic nitrogens is 1. The summed E-state index contributed by atoms with van der Waals surface area (Å²) in [5.41, 5.74) is 1.36. The topological polar surface area (TPSA) is 34.1 Å². The van der Waals surface area contributed by atoms with Gasteiger partial charge in [-0.2, -0.15) is 0 Å². The summed E-state index contributed by atoms with van der Waals surface area (Å²) in [5, 5.41) is 3.51. The molecular weight excluding hydrogens is 248 g/mol. The van der Waals surface area contributed by atoms with Crippen molar-refractivity contribution >= 4 is 0 Å². The van der Waals surface area contributed by atoms with Gasteiger partial charge in [0.1, 0.15) is 5.75 Å². The second-order valence-corrected chi connectivity index (χ2v) is 6.49. The lowest BCUT2D eigenvalue weighted by Crippen LogP contribution is -2.27. The van der Waals surface area contributed by atoms with Crippen LogP contribution in [0.1, 0.15) is 53.0 Å². The Hall–Kier alpha value is -1.09. The quantitative estimate of drug-likeness (QED) is 0.698. The first-order valence-electron chi connectivity index (χ1n) is 7.74. The predicted octanol–water partition coefficient (Wildman–Crippen LogP) is 3.78. The lowest BCUT2D eigenvalue weighted by molar-refractivity contribution is 0.314. The minimum absolute atomic E-state index is 0.114. The van der Waals surface area contributed by atoms with Crippen molar-refractivity contribution in [3.63, 3.8) is 0 Å². The predicted molar refractivity (Wildman–Crippen MR) is 85.4 cm³/mol. The van der Waals surface area contributed by atoms with Gasteiger partial charge in [-0.15, -0.1) is 0 Å². The first-order valence-corrected chi connectivity index (χ1v) is 7.74. The summed E-state index contributed by atoms with van der Waals surface area (Å²) in [5.74, 6) is 1.58. The van der Waals surface area contributed by atoms with Gasteiger partial charge in [0.2, 0.25) is 0 Å². The van der Waals surface area contributed by atoms with Crippen LogP contribution in [0.25, 0.3) is 0 Å². The SMILES string of the molecule is CCCOc1cncc(C(C)(C)CCNCC(C)C)c1. The molecule has 1 heterocycles. The fraction of sp³-hybridized carbons (Fsp3) is 0.706. The molecule has 0 aliphatic rings. The normalized spacial score (nSPS) is 11.9. The Kier molecular flexibility index (Phi) is 7.00. The van der Waals surface area contributed by atoms with E-state index in [0.29, 0.717) is 5.92 Å². The number of pyridine rings is 1. The molecular formula is C17H30N2O. The van der Waals surface area contributed by atoms with Crippen LogP contribution < -0.4 is 10.1 Å². The molecule has 0 saturated carbocycles. The van der Waals surface area contributed by atoms with Gasteiger partial charge in [0, 0.05) is 6.20 Å². The zero-order valence-electron chi connectivity index (χ0n) is 13.7. The van der Waals surface area contributed by atoms with Crippen molar-refractivity contribution in [2.45, 2.75) is 52.9 Å². The van der Waals surface area contributed by atoms with E-state index in [2.05, 4.69) is 51.0 Å². The Morgan fingerprint density at radius 1 is 1.30 bits per heavy atom. The van der Waals surface area contributed by atoms with Crippen LogP contribution >= 0.6 is 0 Å². The van der Waals surface area contributed by atoms with E-state index in [1.807, 2.05) is 6.20 Å². The van der Waals surface area contributed by atoms with E-state index in [9.17, 15) is 0 Å². The molecule has 1 rings (SSSR count). The van der Waals surface area contributed by atoms with Crippen molar-refractivity contribution in [1.82, 2.24) is 10.3 Å². The van der Waals surface area contributed by atoms with E-state index in [1.165, 1.54) is 5.56 Å². The van der Waals surface area contributed by atoms with Gasteiger partial charge in [-0.1, -0.05) is 34.6 Å². The zero-order valence-corrected chi connectivity index (χ0v) is 13.7. The Labute approximate surface area is 124 Å². The summed E-state index contributed by atoms with van der Waals surface area (Å²) >= 11 is 0. The minimum Gasteiger partial charge on any atom is -0.492 e. The largest absolute Gasteiger partial charge is 0.492 e. The van der Waals surface area contributed by atoms with Crippen molar-refractivity contribution in [3.8, 4) is 5.75 Å². The smallest absolute Gasteiger partial charge is 0.137 e. The van der Waals surface area contributed by atoms with Gasteiger partial charge < -0.3 is 10.1 Å². The fourth-order valence-corrected chi connectivity index (χ4v) is 2.02. The number of hydrogen-bond donors (Lipinski definition) is 1. The van der Waals surface area contributed by atoms with E-state index < -0.39 is 0 Å². The highest BCUT2D eigenvalue weighted by Gasteiger charge is 2.21. The molecule has 0 bridgehead atoms. The van der Waals surface area contributed by atoms with E-state index in [0.717, 1.165) is 38.3 Å². The number of hydrogen-bond acceptors (Lipinski definition) is 3. The molecule has 0 atom stereocenters. The zero-order chi connectivity index (χ0) is 15.0. The summed E-state index contributed by atoms with van der Waals surface area (Å²) in [6, 6.07) is 2.13. The van der Waals surface area contributed by atoms with Gasteiger partial charge in [-0.25, -0.2) is 0 Å². The summed E-state index contributed by atoms with van der Waals surface area (Å²) in [6.45, 7) is 14.0. The van der Waals surface area contributed by atoms with E-state index in [-0.39, 0.29) is 5.41 Å². The molecule has 114 valence electrons. The van der Waals surface area contributed by atoms with Crippen molar-refractivity contribution in [3.05, 3.63) is 24.0 Å². The second kappa shape index (κ2) is 8.25. The van der Waals surface area contributed by atoms with Crippen LogP contribution in [0.15, 0.2) is 18.5 Å². The molecule has 0 unspecified atom stereocenters. The lowest BCUT2D eigenvalue weighted by Gasteiger charge is -2.25. The lowest BCUT2D eigenvalue weighted by atomic mass is 9.82. The number of nitrogens with one attached hydrogen (secondary N) is 1. The molecule has 20 heavy (non-hydrogen) atoms. The second-order valence-electron chi connectivity index (χ2n) is 6.49. The number of ether oxygens (including phenoxy) is 1. The molecule has 0 spiro atoms. The highest BCUT2D eigenvalue weighted by molar-refractivity contribution is 5.29. The van der Waals surface area contributed by atoms with Crippen LogP contribution in [0, 0.1) is 5.92 Å². The average molecular weight is 278 g/mol. The first kappa shape index (κ1) is 17.0. The van der Waals surface area contributed by atoms with Gasteiger partial charge in [0.05, 0.1) is 12.8 Å². The third-order valence-corrected chi connectivity index (χ3v) is 3.45. The highest BCUT2D eigenvalue weighted by Crippen LogP contribution is 2.28. The maximum atomic E-state index is 5.67. The molecule has 3 nitrogen and oxygen atoms in total. The van der Waals surface area contributed by atoms with Crippen LogP contribution in [-0.4, -0.2) is 24.7 Å². The van der Waals surface area contributed by atoms with Crippen molar-refractivity contribution < 1.29 is 4.74 Å².